The second-order valence-electron chi connectivity index (χ2n) is 5.41. The van der Waals surface area contributed by atoms with Gasteiger partial charge in [0.25, 0.3) is 0 Å². The predicted molar refractivity (Wildman–Crippen MR) is 106 cm³/mol. The van der Waals surface area contributed by atoms with Gasteiger partial charge in [0.2, 0.25) is 0 Å². The molecule has 0 aliphatic heterocycles. The van der Waals surface area contributed by atoms with Gasteiger partial charge in [-0.15, -0.1) is 0 Å². The van der Waals surface area contributed by atoms with Gasteiger partial charge in [0.1, 0.15) is 35.8 Å². The molecule has 0 radical (unpaired) electrons. The zero-order chi connectivity index (χ0) is 20.5. The van der Waals surface area contributed by atoms with Gasteiger partial charge in [0.05, 0.1) is 33.5 Å². The number of rotatable bonds is 10. The third-order valence-electron chi connectivity index (χ3n) is 3.77. The number of esters is 1. The van der Waals surface area contributed by atoms with Gasteiger partial charge in [-0.2, -0.15) is 0 Å². The van der Waals surface area contributed by atoms with Gasteiger partial charge in [0.15, 0.2) is 11.0 Å². The van der Waals surface area contributed by atoms with Gasteiger partial charge in [-0.3, -0.25) is 4.79 Å². The molecule has 152 valence electrons. The smallest absolute Gasteiger partial charge is 0.325 e. The Kier molecular flexibility index (Phi) is 7.94. The number of benzene rings is 1. The first-order chi connectivity index (χ1) is 13.5. The van der Waals surface area contributed by atoms with Crippen LogP contribution in [-0.4, -0.2) is 50.4 Å². The van der Waals surface area contributed by atoms with E-state index >= 15 is 0 Å². The van der Waals surface area contributed by atoms with Crippen LogP contribution in [-0.2, 0) is 16.1 Å². The van der Waals surface area contributed by atoms with Crippen molar-refractivity contribution in [2.45, 2.75) is 13.5 Å². The largest absolute Gasteiger partial charge is 0.496 e. The third-order valence-corrected chi connectivity index (χ3v) is 4.05. The van der Waals surface area contributed by atoms with Crippen LogP contribution in [0.25, 0.3) is 0 Å². The topological polar surface area (TPSA) is 104 Å². The van der Waals surface area contributed by atoms with Gasteiger partial charge in [-0.05, 0) is 6.92 Å². The number of nitrogens with one attached hydrogen (secondary N) is 2. The SMILES string of the molecule is CCOC(=O)CNc1c(Cl)ncnc1NCc1c(OC)cc(OC)cc1OC. The molecule has 1 aromatic carbocycles. The maximum absolute atomic E-state index is 11.6. The fourth-order valence-electron chi connectivity index (χ4n) is 2.45. The predicted octanol–water partition coefficient (Wildman–Crippen LogP) is 2.74. The number of methoxy groups -OCH3 is 3. The Bertz CT molecular complexity index is 794. The number of carbonyl (C=O) groups is 1. The molecule has 1 aromatic heterocycles. The van der Waals surface area contributed by atoms with Gasteiger partial charge < -0.3 is 29.6 Å². The van der Waals surface area contributed by atoms with Crippen molar-refractivity contribution in [1.29, 1.82) is 0 Å². The quantitative estimate of drug-likeness (QED) is 0.451. The molecule has 0 atom stereocenters. The van der Waals surface area contributed by atoms with Crippen LogP contribution in [0.3, 0.4) is 0 Å². The van der Waals surface area contributed by atoms with Crippen molar-refractivity contribution in [3.05, 3.63) is 29.2 Å². The monoisotopic (exact) mass is 410 g/mol. The van der Waals surface area contributed by atoms with E-state index in [4.69, 9.17) is 30.5 Å². The van der Waals surface area contributed by atoms with Crippen LogP contribution in [0.2, 0.25) is 5.15 Å². The molecule has 2 aromatic rings. The van der Waals surface area contributed by atoms with Crippen molar-refractivity contribution in [3.63, 3.8) is 0 Å². The number of anilines is 2. The highest BCUT2D eigenvalue weighted by Gasteiger charge is 2.16. The number of hydrogen-bond donors (Lipinski definition) is 2. The highest BCUT2D eigenvalue weighted by Crippen LogP contribution is 2.35. The minimum Gasteiger partial charge on any atom is -0.496 e. The molecular weight excluding hydrogens is 388 g/mol. The Morgan fingerprint density at radius 3 is 2.32 bits per heavy atom. The number of aromatic nitrogens is 2. The maximum atomic E-state index is 11.6. The minimum absolute atomic E-state index is 0.0647. The molecule has 0 saturated heterocycles. The average molecular weight is 411 g/mol. The molecule has 0 fully saturated rings. The Labute approximate surface area is 168 Å². The van der Waals surface area contributed by atoms with Gasteiger partial charge in [0, 0.05) is 18.7 Å². The van der Waals surface area contributed by atoms with Crippen molar-refractivity contribution in [3.8, 4) is 17.2 Å². The van der Waals surface area contributed by atoms with E-state index in [9.17, 15) is 4.79 Å². The van der Waals surface area contributed by atoms with Crippen molar-refractivity contribution in [1.82, 2.24) is 9.97 Å². The van der Waals surface area contributed by atoms with E-state index in [0.717, 1.165) is 5.56 Å². The normalized spacial score (nSPS) is 10.2. The van der Waals surface area contributed by atoms with Crippen LogP contribution in [0.1, 0.15) is 12.5 Å². The molecule has 2 rings (SSSR count). The molecule has 28 heavy (non-hydrogen) atoms. The number of nitrogens with zero attached hydrogens (tertiary/aromatic N) is 2. The van der Waals surface area contributed by atoms with Crippen molar-refractivity contribution >= 4 is 29.1 Å². The Hall–Kier alpha value is -2.94. The lowest BCUT2D eigenvalue weighted by molar-refractivity contribution is -0.140. The molecule has 0 amide bonds. The molecule has 0 aliphatic rings. The minimum atomic E-state index is -0.410. The molecule has 0 aliphatic carbocycles. The second-order valence-corrected chi connectivity index (χ2v) is 5.77. The van der Waals surface area contributed by atoms with E-state index in [-0.39, 0.29) is 11.7 Å². The molecule has 1 heterocycles. The lowest BCUT2D eigenvalue weighted by atomic mass is 10.1. The molecule has 2 N–H and O–H groups in total. The summed E-state index contributed by atoms with van der Waals surface area (Å²) in [6.45, 7) is 2.28. The van der Waals surface area contributed by atoms with Crippen LogP contribution < -0.4 is 24.8 Å². The molecule has 9 nitrogen and oxygen atoms in total. The van der Waals surface area contributed by atoms with E-state index in [1.807, 2.05) is 0 Å². The van der Waals surface area contributed by atoms with E-state index in [1.54, 1.807) is 40.4 Å². The number of ether oxygens (including phenoxy) is 4. The third kappa shape index (κ3) is 5.29. The molecular formula is C18H23ClN4O5. The number of hydrogen-bond acceptors (Lipinski definition) is 9. The Morgan fingerprint density at radius 2 is 1.75 bits per heavy atom. The molecule has 0 saturated carbocycles. The van der Waals surface area contributed by atoms with E-state index < -0.39 is 5.97 Å². The molecule has 0 bridgehead atoms. The first-order valence-corrected chi connectivity index (χ1v) is 8.84. The van der Waals surface area contributed by atoms with Gasteiger partial charge >= 0.3 is 5.97 Å². The highest BCUT2D eigenvalue weighted by molar-refractivity contribution is 6.32. The second kappa shape index (κ2) is 10.4. The summed E-state index contributed by atoms with van der Waals surface area (Å²) in [6, 6.07) is 3.51. The first-order valence-electron chi connectivity index (χ1n) is 8.46. The highest BCUT2D eigenvalue weighted by atomic mass is 35.5. The van der Waals surface area contributed by atoms with Gasteiger partial charge in [-0.25, -0.2) is 9.97 Å². The van der Waals surface area contributed by atoms with Crippen LogP contribution >= 0.6 is 11.6 Å². The molecule has 0 spiro atoms. The van der Waals surface area contributed by atoms with Gasteiger partial charge in [-0.1, -0.05) is 11.6 Å². The summed E-state index contributed by atoms with van der Waals surface area (Å²) in [5.74, 6) is 1.80. The zero-order valence-electron chi connectivity index (χ0n) is 16.2. The first kappa shape index (κ1) is 21.4. The fourth-order valence-corrected chi connectivity index (χ4v) is 2.65. The van der Waals surface area contributed by atoms with Crippen molar-refractivity contribution in [2.75, 3.05) is 45.1 Å². The summed E-state index contributed by atoms with van der Waals surface area (Å²) in [4.78, 5) is 19.8. The van der Waals surface area contributed by atoms with E-state index in [1.165, 1.54) is 6.33 Å². The molecule has 0 unspecified atom stereocenters. The lowest BCUT2D eigenvalue weighted by Gasteiger charge is -2.17. The summed E-state index contributed by atoms with van der Waals surface area (Å²) in [5, 5.41) is 6.24. The summed E-state index contributed by atoms with van der Waals surface area (Å²) in [7, 11) is 4.69. The summed E-state index contributed by atoms with van der Waals surface area (Å²) >= 11 is 6.16. The van der Waals surface area contributed by atoms with E-state index in [2.05, 4.69) is 20.6 Å². The fraction of sp³-hybridized carbons (Fsp3) is 0.389. The number of halogens is 1. The van der Waals surface area contributed by atoms with Crippen molar-refractivity contribution in [2.24, 2.45) is 0 Å². The summed E-state index contributed by atoms with van der Waals surface area (Å²) in [6.07, 6.45) is 1.32. The average Bonchev–Trinajstić information content (AvgIpc) is 2.71. The maximum Gasteiger partial charge on any atom is 0.325 e. The van der Waals surface area contributed by atoms with E-state index in [0.29, 0.717) is 41.9 Å². The van der Waals surface area contributed by atoms with Crippen molar-refractivity contribution < 1.29 is 23.7 Å². The summed E-state index contributed by atoms with van der Waals surface area (Å²) < 4.78 is 21.0. The summed E-state index contributed by atoms with van der Waals surface area (Å²) in [5.41, 5.74) is 1.15. The van der Waals surface area contributed by atoms with Crippen LogP contribution in [0.4, 0.5) is 11.5 Å². The lowest BCUT2D eigenvalue weighted by Crippen LogP contribution is -2.18. The Morgan fingerprint density at radius 1 is 1.07 bits per heavy atom. The van der Waals surface area contributed by atoms with Crippen LogP contribution in [0, 0.1) is 0 Å². The Balaban J connectivity index is 2.23. The standard InChI is InChI=1S/C18H23ClN4O5/c1-5-28-15(24)9-20-16-17(19)22-10-23-18(16)21-8-12-13(26-3)6-11(25-2)7-14(12)27-4/h6-7,10,20H,5,8-9H2,1-4H3,(H,21,22,23). The van der Waals surface area contributed by atoms with Crippen LogP contribution in [0.5, 0.6) is 17.2 Å². The zero-order valence-corrected chi connectivity index (χ0v) is 16.9. The van der Waals surface area contributed by atoms with Crippen LogP contribution in [0.15, 0.2) is 18.5 Å². The molecule has 10 heteroatoms. The number of carbonyl (C=O) groups excluding carboxylic acids is 1.